The molecule has 8 heteroatoms. The van der Waals surface area contributed by atoms with Gasteiger partial charge in [-0.3, -0.25) is 4.79 Å². The molecule has 0 spiro atoms. The van der Waals surface area contributed by atoms with Gasteiger partial charge in [0.05, 0.1) is 11.5 Å². The molecule has 1 N–H and O–H groups in total. The summed E-state index contributed by atoms with van der Waals surface area (Å²) in [6, 6.07) is 16.0. The van der Waals surface area contributed by atoms with Gasteiger partial charge in [-0.2, -0.15) is 4.31 Å². The Morgan fingerprint density at radius 1 is 1.03 bits per heavy atom. The Bertz CT molecular complexity index is 1080. The first kappa shape index (κ1) is 19.5. The van der Waals surface area contributed by atoms with Crippen LogP contribution in [0.1, 0.15) is 17.4 Å². The van der Waals surface area contributed by atoms with Gasteiger partial charge in [0, 0.05) is 37.1 Å². The van der Waals surface area contributed by atoms with Crippen molar-refractivity contribution in [1.82, 2.24) is 14.2 Å². The molecule has 0 aliphatic carbocycles. The van der Waals surface area contributed by atoms with E-state index < -0.39 is 10.0 Å². The van der Waals surface area contributed by atoms with Gasteiger partial charge in [-0.25, -0.2) is 8.42 Å². The van der Waals surface area contributed by atoms with Gasteiger partial charge in [-0.05, 0) is 43.3 Å². The van der Waals surface area contributed by atoms with E-state index in [0.717, 1.165) is 10.9 Å². The van der Waals surface area contributed by atoms with Gasteiger partial charge in [0.1, 0.15) is 11.4 Å². The number of sulfonamides is 1. The third kappa shape index (κ3) is 3.86. The Kier molecular flexibility index (Phi) is 5.29. The lowest BCUT2D eigenvalue weighted by Crippen LogP contribution is -2.50. The van der Waals surface area contributed by atoms with E-state index in [2.05, 4.69) is 4.98 Å². The quantitative estimate of drug-likeness (QED) is 0.697. The number of nitrogens with zero attached hydrogens (tertiary/aromatic N) is 2. The van der Waals surface area contributed by atoms with Crippen molar-refractivity contribution < 1.29 is 17.9 Å². The van der Waals surface area contributed by atoms with E-state index in [1.807, 2.05) is 37.3 Å². The summed E-state index contributed by atoms with van der Waals surface area (Å²) in [7, 11) is -3.60. The van der Waals surface area contributed by atoms with E-state index >= 15 is 0 Å². The lowest BCUT2D eigenvalue weighted by Gasteiger charge is -2.33. The molecule has 1 aromatic heterocycles. The number of hydrogen-bond acceptors (Lipinski definition) is 4. The van der Waals surface area contributed by atoms with E-state index in [4.69, 9.17) is 4.74 Å². The number of para-hydroxylation sites is 1. The lowest BCUT2D eigenvalue weighted by molar-refractivity contribution is 0.0693. The fourth-order valence-corrected chi connectivity index (χ4v) is 4.94. The molecule has 0 unspecified atom stereocenters. The standard InChI is InChI=1S/C21H23N3O4S/c1-2-28-17-7-9-18(10-8-17)29(26,27)24-13-11-23(12-14-24)21(25)20-15-16-5-3-4-6-19(16)22-20/h3-10,15,22H,2,11-14H2,1H3. The second-order valence-corrected chi connectivity index (χ2v) is 8.81. The molecule has 152 valence electrons. The minimum absolute atomic E-state index is 0.112. The van der Waals surface area contributed by atoms with Crippen molar-refractivity contribution in [1.29, 1.82) is 0 Å². The molecule has 29 heavy (non-hydrogen) atoms. The number of fused-ring (bicyclic) bond motifs is 1. The van der Waals surface area contributed by atoms with Crippen LogP contribution < -0.4 is 4.74 Å². The molecular formula is C21H23N3O4S. The first-order valence-electron chi connectivity index (χ1n) is 9.59. The number of piperazine rings is 1. The van der Waals surface area contributed by atoms with Crippen LogP contribution in [-0.4, -0.2) is 61.3 Å². The summed E-state index contributed by atoms with van der Waals surface area (Å²) < 4.78 is 32.6. The van der Waals surface area contributed by atoms with Crippen molar-refractivity contribution in [3.8, 4) is 5.75 Å². The molecule has 2 aromatic carbocycles. The molecule has 1 fully saturated rings. The number of carbonyl (C=O) groups excluding carboxylic acids is 1. The maximum atomic E-state index is 12.9. The fourth-order valence-electron chi connectivity index (χ4n) is 3.51. The molecule has 1 aliphatic heterocycles. The molecule has 1 amide bonds. The molecule has 3 aromatic rings. The van der Waals surface area contributed by atoms with Crippen molar-refractivity contribution in [2.75, 3.05) is 32.8 Å². The summed E-state index contributed by atoms with van der Waals surface area (Å²) >= 11 is 0. The number of hydrogen-bond donors (Lipinski definition) is 1. The van der Waals surface area contributed by atoms with Crippen molar-refractivity contribution in [2.45, 2.75) is 11.8 Å². The molecular weight excluding hydrogens is 390 g/mol. The predicted molar refractivity (Wildman–Crippen MR) is 111 cm³/mol. The van der Waals surface area contributed by atoms with Gasteiger partial charge in [-0.15, -0.1) is 0 Å². The zero-order chi connectivity index (χ0) is 20.4. The molecule has 2 heterocycles. The Balaban J connectivity index is 1.43. The lowest BCUT2D eigenvalue weighted by atomic mass is 10.2. The Labute approximate surface area is 169 Å². The summed E-state index contributed by atoms with van der Waals surface area (Å²) in [5, 5.41) is 0.979. The first-order chi connectivity index (χ1) is 14.0. The van der Waals surface area contributed by atoms with Crippen molar-refractivity contribution in [3.05, 3.63) is 60.3 Å². The highest BCUT2D eigenvalue weighted by molar-refractivity contribution is 7.89. The highest BCUT2D eigenvalue weighted by atomic mass is 32.2. The van der Waals surface area contributed by atoms with Gasteiger partial charge >= 0.3 is 0 Å². The zero-order valence-electron chi connectivity index (χ0n) is 16.2. The Morgan fingerprint density at radius 3 is 2.38 bits per heavy atom. The van der Waals surface area contributed by atoms with E-state index in [9.17, 15) is 13.2 Å². The molecule has 1 aliphatic rings. The number of benzene rings is 2. The summed E-state index contributed by atoms with van der Waals surface area (Å²) in [5.74, 6) is 0.527. The van der Waals surface area contributed by atoms with Gasteiger partial charge < -0.3 is 14.6 Å². The Hall–Kier alpha value is -2.84. The van der Waals surface area contributed by atoms with Crippen LogP contribution in [0.4, 0.5) is 0 Å². The van der Waals surface area contributed by atoms with Gasteiger partial charge in [0.15, 0.2) is 0 Å². The topological polar surface area (TPSA) is 82.7 Å². The third-order valence-electron chi connectivity index (χ3n) is 5.06. The number of amides is 1. The maximum absolute atomic E-state index is 12.9. The van der Waals surface area contributed by atoms with Crippen LogP contribution in [0.2, 0.25) is 0 Å². The number of H-pyrrole nitrogens is 1. The minimum Gasteiger partial charge on any atom is -0.494 e. The highest BCUT2D eigenvalue weighted by Gasteiger charge is 2.30. The molecule has 1 saturated heterocycles. The molecule has 4 rings (SSSR count). The SMILES string of the molecule is CCOc1ccc(S(=O)(=O)N2CCN(C(=O)c3cc4ccccc4[nH]3)CC2)cc1. The molecule has 0 saturated carbocycles. The normalized spacial score (nSPS) is 15.6. The number of ether oxygens (including phenoxy) is 1. The largest absolute Gasteiger partial charge is 0.494 e. The summed E-state index contributed by atoms with van der Waals surface area (Å²) in [4.78, 5) is 17.9. The number of aromatic amines is 1. The van der Waals surface area contributed by atoms with Gasteiger partial charge in [0.2, 0.25) is 10.0 Å². The number of rotatable bonds is 5. The van der Waals surface area contributed by atoms with Crippen LogP contribution in [0.25, 0.3) is 10.9 Å². The second kappa shape index (κ2) is 7.88. The zero-order valence-corrected chi connectivity index (χ0v) is 17.0. The van der Waals surface area contributed by atoms with Gasteiger partial charge in [-0.1, -0.05) is 18.2 Å². The highest BCUT2D eigenvalue weighted by Crippen LogP contribution is 2.22. The van der Waals surface area contributed by atoms with Crippen LogP contribution in [0, 0.1) is 0 Å². The Morgan fingerprint density at radius 2 is 1.72 bits per heavy atom. The summed E-state index contributed by atoms with van der Waals surface area (Å²) in [6.45, 7) is 3.64. The van der Waals surface area contributed by atoms with Crippen LogP contribution >= 0.6 is 0 Å². The number of aromatic nitrogens is 1. The molecule has 7 nitrogen and oxygen atoms in total. The molecule has 0 atom stereocenters. The average molecular weight is 413 g/mol. The monoisotopic (exact) mass is 413 g/mol. The van der Waals surface area contributed by atoms with Crippen LogP contribution in [-0.2, 0) is 10.0 Å². The van der Waals surface area contributed by atoms with Crippen molar-refractivity contribution >= 4 is 26.8 Å². The fraction of sp³-hybridized carbons (Fsp3) is 0.286. The summed E-state index contributed by atoms with van der Waals surface area (Å²) in [5.41, 5.74) is 1.43. The second-order valence-electron chi connectivity index (χ2n) is 6.87. The van der Waals surface area contributed by atoms with E-state index in [1.165, 1.54) is 4.31 Å². The van der Waals surface area contributed by atoms with E-state index in [0.29, 0.717) is 31.1 Å². The number of nitrogens with one attached hydrogen (secondary N) is 1. The van der Waals surface area contributed by atoms with E-state index in [1.54, 1.807) is 29.2 Å². The summed E-state index contributed by atoms with van der Waals surface area (Å²) in [6.07, 6.45) is 0. The van der Waals surface area contributed by atoms with Crippen molar-refractivity contribution in [3.63, 3.8) is 0 Å². The van der Waals surface area contributed by atoms with Crippen LogP contribution in [0.5, 0.6) is 5.75 Å². The van der Waals surface area contributed by atoms with Gasteiger partial charge in [0.25, 0.3) is 5.91 Å². The first-order valence-corrected chi connectivity index (χ1v) is 11.0. The molecule has 0 radical (unpaired) electrons. The minimum atomic E-state index is -3.60. The smallest absolute Gasteiger partial charge is 0.270 e. The van der Waals surface area contributed by atoms with Crippen molar-refractivity contribution in [2.24, 2.45) is 0 Å². The average Bonchev–Trinajstić information content (AvgIpc) is 3.18. The van der Waals surface area contributed by atoms with Crippen LogP contribution in [0.3, 0.4) is 0 Å². The number of carbonyl (C=O) groups is 1. The van der Waals surface area contributed by atoms with E-state index in [-0.39, 0.29) is 23.9 Å². The third-order valence-corrected chi connectivity index (χ3v) is 6.97. The predicted octanol–water partition coefficient (Wildman–Crippen LogP) is 2.71. The maximum Gasteiger partial charge on any atom is 0.270 e. The van der Waals surface area contributed by atoms with Crippen LogP contribution in [0.15, 0.2) is 59.5 Å². The molecule has 0 bridgehead atoms.